The SMILES string of the molecule is COC(=O)c1c(-c2ccncc2)nc2sccn12. The van der Waals surface area contributed by atoms with Gasteiger partial charge in [-0.15, -0.1) is 11.3 Å². The Bertz CT molecular complexity index is 703. The summed E-state index contributed by atoms with van der Waals surface area (Å²) in [4.78, 5) is 21.1. The highest BCUT2D eigenvalue weighted by Gasteiger charge is 2.21. The minimum absolute atomic E-state index is 0.396. The number of hydrogen-bond donors (Lipinski definition) is 0. The lowest BCUT2D eigenvalue weighted by atomic mass is 10.1. The van der Waals surface area contributed by atoms with Crippen LogP contribution in [0.2, 0.25) is 0 Å². The number of pyridine rings is 1. The lowest BCUT2D eigenvalue weighted by Gasteiger charge is -2.01. The van der Waals surface area contributed by atoms with Gasteiger partial charge >= 0.3 is 5.97 Å². The van der Waals surface area contributed by atoms with Crippen LogP contribution >= 0.6 is 11.3 Å². The first-order chi connectivity index (χ1) is 8.81. The molecule has 0 aliphatic rings. The normalized spacial score (nSPS) is 10.7. The second-order valence-electron chi connectivity index (χ2n) is 3.59. The third-order valence-electron chi connectivity index (χ3n) is 2.59. The van der Waals surface area contributed by atoms with Gasteiger partial charge in [0.05, 0.1) is 7.11 Å². The zero-order valence-corrected chi connectivity index (χ0v) is 10.3. The Morgan fingerprint density at radius 3 is 2.89 bits per heavy atom. The molecule has 0 atom stereocenters. The van der Waals surface area contributed by atoms with Crippen molar-refractivity contribution in [2.45, 2.75) is 0 Å². The molecule has 3 aromatic heterocycles. The summed E-state index contributed by atoms with van der Waals surface area (Å²) in [5, 5.41) is 1.88. The van der Waals surface area contributed by atoms with E-state index < -0.39 is 5.97 Å². The van der Waals surface area contributed by atoms with Gasteiger partial charge in [0.1, 0.15) is 5.69 Å². The minimum Gasteiger partial charge on any atom is -0.464 e. The molecule has 0 N–H and O–H groups in total. The molecular weight excluding hydrogens is 250 g/mol. The van der Waals surface area contributed by atoms with Crippen molar-refractivity contribution in [1.29, 1.82) is 0 Å². The van der Waals surface area contributed by atoms with E-state index in [9.17, 15) is 4.79 Å². The van der Waals surface area contributed by atoms with Crippen LogP contribution in [0.5, 0.6) is 0 Å². The number of fused-ring (bicyclic) bond motifs is 1. The maximum Gasteiger partial charge on any atom is 0.357 e. The summed E-state index contributed by atoms with van der Waals surface area (Å²) < 4.78 is 6.57. The smallest absolute Gasteiger partial charge is 0.357 e. The molecule has 0 bridgehead atoms. The zero-order chi connectivity index (χ0) is 12.5. The van der Waals surface area contributed by atoms with E-state index >= 15 is 0 Å². The third kappa shape index (κ3) is 1.58. The molecule has 0 saturated heterocycles. The van der Waals surface area contributed by atoms with E-state index in [0.29, 0.717) is 11.4 Å². The van der Waals surface area contributed by atoms with Gasteiger partial charge in [-0.25, -0.2) is 9.78 Å². The number of aromatic nitrogens is 3. The molecule has 0 aliphatic carbocycles. The molecule has 6 heteroatoms. The first-order valence-corrected chi connectivity index (χ1v) is 6.13. The number of esters is 1. The van der Waals surface area contributed by atoms with E-state index in [1.165, 1.54) is 18.4 Å². The van der Waals surface area contributed by atoms with E-state index in [0.717, 1.165) is 10.5 Å². The van der Waals surface area contributed by atoms with Gasteiger partial charge in [0.15, 0.2) is 10.7 Å². The largest absolute Gasteiger partial charge is 0.464 e. The number of carbonyl (C=O) groups is 1. The maximum absolute atomic E-state index is 11.9. The van der Waals surface area contributed by atoms with Crippen LogP contribution in [0.25, 0.3) is 16.2 Å². The van der Waals surface area contributed by atoms with Crippen molar-refractivity contribution < 1.29 is 9.53 Å². The Hall–Kier alpha value is -2.21. The summed E-state index contributed by atoms with van der Waals surface area (Å²) in [6.45, 7) is 0. The Kier molecular flexibility index (Phi) is 2.56. The van der Waals surface area contributed by atoms with Gasteiger partial charge in [-0.3, -0.25) is 9.38 Å². The second kappa shape index (κ2) is 4.23. The highest BCUT2D eigenvalue weighted by atomic mass is 32.1. The summed E-state index contributed by atoms with van der Waals surface area (Å²) in [6, 6.07) is 3.64. The fourth-order valence-electron chi connectivity index (χ4n) is 1.79. The monoisotopic (exact) mass is 259 g/mol. The average Bonchev–Trinajstić information content (AvgIpc) is 2.98. The van der Waals surface area contributed by atoms with E-state index in [1.54, 1.807) is 16.8 Å². The predicted molar refractivity (Wildman–Crippen MR) is 67.6 cm³/mol. The predicted octanol–water partition coefficient (Wildman–Crippen LogP) is 2.24. The molecule has 3 aromatic rings. The van der Waals surface area contributed by atoms with Crippen molar-refractivity contribution in [3.05, 3.63) is 41.8 Å². The minimum atomic E-state index is -0.396. The number of methoxy groups -OCH3 is 1. The van der Waals surface area contributed by atoms with E-state index in [1.807, 2.05) is 23.7 Å². The molecule has 5 nitrogen and oxygen atoms in total. The van der Waals surface area contributed by atoms with Gasteiger partial charge in [-0.2, -0.15) is 0 Å². The van der Waals surface area contributed by atoms with Crippen LogP contribution < -0.4 is 0 Å². The first kappa shape index (κ1) is 10.9. The summed E-state index contributed by atoms with van der Waals surface area (Å²) >= 11 is 1.47. The van der Waals surface area contributed by atoms with Crippen molar-refractivity contribution in [1.82, 2.24) is 14.4 Å². The zero-order valence-electron chi connectivity index (χ0n) is 9.53. The van der Waals surface area contributed by atoms with Crippen LogP contribution in [0, 0.1) is 0 Å². The maximum atomic E-state index is 11.9. The molecule has 0 amide bonds. The summed E-state index contributed by atoms with van der Waals surface area (Å²) in [5.41, 5.74) is 1.91. The number of nitrogens with zero attached hydrogens (tertiary/aromatic N) is 3. The van der Waals surface area contributed by atoms with Gasteiger partial charge in [0.2, 0.25) is 0 Å². The third-order valence-corrected chi connectivity index (χ3v) is 3.35. The quantitative estimate of drug-likeness (QED) is 0.662. The number of imidazole rings is 1. The number of hydrogen-bond acceptors (Lipinski definition) is 5. The number of carbonyl (C=O) groups excluding carboxylic acids is 1. The van der Waals surface area contributed by atoms with Crippen LogP contribution in [-0.2, 0) is 4.74 Å². The molecule has 0 aromatic carbocycles. The Morgan fingerprint density at radius 2 is 2.17 bits per heavy atom. The van der Waals surface area contributed by atoms with Crippen molar-refractivity contribution in [2.75, 3.05) is 7.11 Å². The van der Waals surface area contributed by atoms with Gasteiger partial charge in [-0.1, -0.05) is 0 Å². The van der Waals surface area contributed by atoms with Crippen LogP contribution in [0.3, 0.4) is 0 Å². The molecule has 0 fully saturated rings. The highest BCUT2D eigenvalue weighted by molar-refractivity contribution is 7.15. The van der Waals surface area contributed by atoms with E-state index in [4.69, 9.17) is 4.74 Å². The van der Waals surface area contributed by atoms with Crippen LogP contribution in [0.15, 0.2) is 36.1 Å². The Morgan fingerprint density at radius 1 is 1.39 bits per heavy atom. The van der Waals surface area contributed by atoms with Gasteiger partial charge in [0, 0.05) is 29.5 Å². The van der Waals surface area contributed by atoms with E-state index in [-0.39, 0.29) is 0 Å². The topological polar surface area (TPSA) is 56.5 Å². The molecule has 3 heterocycles. The van der Waals surface area contributed by atoms with Crippen LogP contribution in [-0.4, -0.2) is 27.4 Å². The molecule has 3 rings (SSSR count). The summed E-state index contributed by atoms with van der Waals surface area (Å²) in [7, 11) is 1.37. The van der Waals surface area contributed by atoms with E-state index in [2.05, 4.69) is 9.97 Å². The molecular formula is C12H9N3O2S. The fraction of sp³-hybridized carbons (Fsp3) is 0.0833. The Labute approximate surface area is 107 Å². The summed E-state index contributed by atoms with van der Waals surface area (Å²) in [6.07, 6.45) is 5.15. The number of ether oxygens (including phenoxy) is 1. The van der Waals surface area contributed by atoms with Crippen molar-refractivity contribution in [3.63, 3.8) is 0 Å². The molecule has 0 unspecified atom stereocenters. The van der Waals surface area contributed by atoms with Crippen LogP contribution in [0.1, 0.15) is 10.5 Å². The molecule has 0 aliphatic heterocycles. The number of thiazole rings is 1. The molecule has 0 saturated carbocycles. The summed E-state index contributed by atoms with van der Waals surface area (Å²) in [5.74, 6) is -0.396. The van der Waals surface area contributed by atoms with Crippen molar-refractivity contribution >= 4 is 22.3 Å². The molecule has 0 spiro atoms. The molecule has 18 heavy (non-hydrogen) atoms. The molecule has 0 radical (unpaired) electrons. The van der Waals surface area contributed by atoms with Gasteiger partial charge in [0.25, 0.3) is 0 Å². The molecule has 90 valence electrons. The van der Waals surface area contributed by atoms with Gasteiger partial charge in [-0.05, 0) is 12.1 Å². The Balaban J connectivity index is 2.28. The standard InChI is InChI=1S/C12H9N3O2S/c1-17-11(16)10-9(8-2-4-13-5-3-8)14-12-15(10)6-7-18-12/h2-7H,1H3. The van der Waals surface area contributed by atoms with Gasteiger partial charge < -0.3 is 4.74 Å². The first-order valence-electron chi connectivity index (χ1n) is 5.25. The van der Waals surface area contributed by atoms with Crippen molar-refractivity contribution in [2.24, 2.45) is 0 Å². The lowest BCUT2D eigenvalue weighted by Crippen LogP contribution is -2.06. The highest BCUT2D eigenvalue weighted by Crippen LogP contribution is 2.26. The lowest BCUT2D eigenvalue weighted by molar-refractivity contribution is 0.0594. The number of rotatable bonds is 2. The average molecular weight is 259 g/mol. The van der Waals surface area contributed by atoms with Crippen LogP contribution in [0.4, 0.5) is 0 Å². The second-order valence-corrected chi connectivity index (χ2v) is 4.47. The van der Waals surface area contributed by atoms with Crippen molar-refractivity contribution in [3.8, 4) is 11.3 Å². The fourth-order valence-corrected chi connectivity index (χ4v) is 2.50.